The van der Waals surface area contributed by atoms with Crippen LogP contribution in [0.25, 0.3) is 11.5 Å². The molecular weight excluding hydrogens is 156 g/mol. The Morgan fingerprint density at radius 2 is 2.17 bits per heavy atom. The molecule has 0 unspecified atom stereocenters. The molecule has 0 saturated heterocycles. The predicted molar refractivity (Wildman–Crippen MR) is 42.0 cm³/mol. The van der Waals surface area contributed by atoms with Gasteiger partial charge in [-0.25, -0.2) is 15.0 Å². The lowest BCUT2D eigenvalue weighted by Gasteiger charge is -2.06. The number of ether oxygens (including phenoxy) is 1. The number of fused-ring (bicyclic) bond motifs is 1. The topological polar surface area (TPSA) is 52.8 Å². The lowest BCUT2D eigenvalue weighted by molar-refractivity contribution is 0.395. The molecule has 0 N–H and O–H groups in total. The minimum Gasteiger partial charge on any atom is -0.479 e. The van der Waals surface area contributed by atoms with Gasteiger partial charge in [0.1, 0.15) is 12.7 Å². The highest BCUT2D eigenvalue weighted by molar-refractivity contribution is 5.57. The number of methoxy groups -OCH3 is 1. The Labute approximate surface area is 69.4 Å². The third-order valence-corrected chi connectivity index (χ3v) is 1.66. The van der Waals surface area contributed by atoms with E-state index in [1.165, 1.54) is 6.33 Å². The van der Waals surface area contributed by atoms with Gasteiger partial charge in [-0.15, -0.1) is 0 Å². The summed E-state index contributed by atoms with van der Waals surface area (Å²) in [6.45, 7) is 0. The molecule has 0 spiro atoms. The predicted octanol–water partition coefficient (Wildman–Crippen LogP) is 0.324. The maximum Gasteiger partial charge on any atom is 0.245 e. The van der Waals surface area contributed by atoms with Crippen LogP contribution >= 0.6 is 0 Å². The Morgan fingerprint density at radius 3 is 2.92 bits per heavy atom. The molecule has 0 aromatic carbocycles. The second kappa shape index (κ2) is 2.44. The Hall–Kier alpha value is -1.65. The van der Waals surface area contributed by atoms with Crippen LogP contribution in [0.5, 0.6) is 5.88 Å². The average Bonchev–Trinajstić information content (AvgIpc) is 2.54. The maximum atomic E-state index is 5.01. The van der Waals surface area contributed by atoms with E-state index >= 15 is 0 Å². The molecule has 12 heavy (non-hydrogen) atoms. The van der Waals surface area contributed by atoms with E-state index in [9.17, 15) is 0 Å². The molecule has 0 atom stereocenters. The minimum atomic E-state index is 0.514. The van der Waals surface area contributed by atoms with E-state index in [1.807, 2.05) is 7.05 Å². The van der Waals surface area contributed by atoms with Gasteiger partial charge in [-0.1, -0.05) is 0 Å². The first kappa shape index (κ1) is 7.02. The summed E-state index contributed by atoms with van der Waals surface area (Å²) in [5.41, 5.74) is 0.697. The fourth-order valence-electron chi connectivity index (χ4n) is 1.07. The molecule has 0 aromatic heterocycles. The minimum absolute atomic E-state index is 0.514. The summed E-state index contributed by atoms with van der Waals surface area (Å²) >= 11 is 0. The van der Waals surface area contributed by atoms with E-state index in [4.69, 9.17) is 4.74 Å². The molecular formula is C7H8N4O. The molecule has 0 saturated carbocycles. The highest BCUT2D eigenvalue weighted by Gasteiger charge is 2.14. The molecule has 2 aliphatic heterocycles. The van der Waals surface area contributed by atoms with Crippen LogP contribution in [-0.4, -0.2) is 26.6 Å². The molecule has 0 bridgehead atoms. The van der Waals surface area contributed by atoms with Gasteiger partial charge in [0.25, 0.3) is 0 Å². The summed E-state index contributed by atoms with van der Waals surface area (Å²) in [6.07, 6.45) is 3.14. The molecule has 2 aliphatic rings. The van der Waals surface area contributed by atoms with Crippen molar-refractivity contribution in [1.82, 2.24) is 19.5 Å². The first-order valence-electron chi connectivity index (χ1n) is 3.49. The van der Waals surface area contributed by atoms with Crippen molar-refractivity contribution in [3.8, 4) is 17.4 Å². The fraction of sp³-hybridized carbons (Fsp3) is 0.286. The summed E-state index contributed by atoms with van der Waals surface area (Å²) in [4.78, 5) is 12.1. The number of hydrogen-bond donors (Lipinski definition) is 0. The normalized spacial score (nSPS) is 10.5. The van der Waals surface area contributed by atoms with Crippen LogP contribution in [0, 0.1) is 0 Å². The summed E-state index contributed by atoms with van der Waals surface area (Å²) in [5.74, 6) is 1.29. The lowest BCUT2D eigenvalue weighted by Crippen LogP contribution is -2.02. The van der Waals surface area contributed by atoms with Crippen molar-refractivity contribution in [2.75, 3.05) is 7.11 Å². The average molecular weight is 164 g/mol. The van der Waals surface area contributed by atoms with Crippen LogP contribution in [0.2, 0.25) is 0 Å². The SMILES string of the molecule is COc1ncn(C)c2ncnc1-2. The molecule has 0 radical (unpaired) electrons. The first-order valence-corrected chi connectivity index (χ1v) is 3.49. The van der Waals surface area contributed by atoms with Gasteiger partial charge in [-0.2, -0.15) is 0 Å². The third kappa shape index (κ3) is 0.827. The quantitative estimate of drug-likeness (QED) is 0.609. The van der Waals surface area contributed by atoms with Crippen LogP contribution in [0.4, 0.5) is 0 Å². The van der Waals surface area contributed by atoms with Crippen molar-refractivity contribution in [2.45, 2.75) is 0 Å². The zero-order valence-corrected chi connectivity index (χ0v) is 6.85. The number of aryl methyl sites for hydroxylation is 1. The maximum absolute atomic E-state index is 5.01. The van der Waals surface area contributed by atoms with Gasteiger partial charge in [0.15, 0.2) is 11.5 Å². The zero-order chi connectivity index (χ0) is 8.55. The summed E-state index contributed by atoms with van der Waals surface area (Å²) in [6, 6.07) is 0. The monoisotopic (exact) mass is 164 g/mol. The smallest absolute Gasteiger partial charge is 0.245 e. The van der Waals surface area contributed by atoms with Gasteiger partial charge >= 0.3 is 0 Å². The standard InChI is InChI=1S/C7H8N4O/c1-11-4-10-7(12-2)5-6(11)9-3-8-5/h3-4H,1-2H3. The number of aromatic nitrogens is 4. The molecule has 5 nitrogen and oxygen atoms in total. The third-order valence-electron chi connectivity index (χ3n) is 1.66. The van der Waals surface area contributed by atoms with Crippen LogP contribution in [-0.2, 0) is 7.05 Å². The molecule has 0 fully saturated rings. The van der Waals surface area contributed by atoms with Crippen LogP contribution in [0.1, 0.15) is 0 Å². The highest BCUT2D eigenvalue weighted by atomic mass is 16.5. The van der Waals surface area contributed by atoms with Gasteiger partial charge in [0.05, 0.1) is 7.11 Å². The molecule has 0 aromatic rings. The van der Waals surface area contributed by atoms with Crippen molar-refractivity contribution in [3.63, 3.8) is 0 Å². The van der Waals surface area contributed by atoms with E-state index in [-0.39, 0.29) is 0 Å². The number of imidazole rings is 1. The van der Waals surface area contributed by atoms with E-state index < -0.39 is 0 Å². The van der Waals surface area contributed by atoms with Gasteiger partial charge in [0, 0.05) is 7.05 Å². The number of nitrogens with zero attached hydrogens (tertiary/aromatic N) is 4. The molecule has 62 valence electrons. The van der Waals surface area contributed by atoms with Crippen molar-refractivity contribution >= 4 is 0 Å². The number of rotatable bonds is 1. The van der Waals surface area contributed by atoms with Gasteiger partial charge < -0.3 is 9.30 Å². The van der Waals surface area contributed by atoms with E-state index in [0.717, 1.165) is 5.82 Å². The summed E-state index contributed by atoms with van der Waals surface area (Å²) in [7, 11) is 3.43. The molecule has 5 heteroatoms. The van der Waals surface area contributed by atoms with Crippen LogP contribution in [0.3, 0.4) is 0 Å². The lowest BCUT2D eigenvalue weighted by atomic mass is 10.4. The molecule has 2 rings (SSSR count). The first-order chi connectivity index (χ1) is 5.83. The van der Waals surface area contributed by atoms with Crippen molar-refractivity contribution in [2.24, 2.45) is 7.05 Å². The van der Waals surface area contributed by atoms with Gasteiger partial charge in [-0.3, -0.25) is 0 Å². The molecule has 0 aliphatic carbocycles. The Morgan fingerprint density at radius 1 is 1.33 bits per heavy atom. The van der Waals surface area contributed by atoms with Crippen molar-refractivity contribution in [3.05, 3.63) is 12.7 Å². The number of hydrogen-bond acceptors (Lipinski definition) is 4. The largest absolute Gasteiger partial charge is 0.479 e. The summed E-state index contributed by atoms with van der Waals surface area (Å²) in [5, 5.41) is 0. The summed E-state index contributed by atoms with van der Waals surface area (Å²) < 4.78 is 6.81. The van der Waals surface area contributed by atoms with Crippen molar-refractivity contribution in [1.29, 1.82) is 0 Å². The Bertz CT molecular complexity index is 370. The van der Waals surface area contributed by atoms with E-state index in [0.29, 0.717) is 11.6 Å². The second-order valence-electron chi connectivity index (χ2n) is 2.41. The van der Waals surface area contributed by atoms with E-state index in [1.54, 1.807) is 18.0 Å². The van der Waals surface area contributed by atoms with Gasteiger partial charge in [-0.05, 0) is 0 Å². The molecule has 0 amide bonds. The van der Waals surface area contributed by atoms with Crippen molar-refractivity contribution < 1.29 is 4.74 Å². The molecule has 2 heterocycles. The van der Waals surface area contributed by atoms with Crippen LogP contribution < -0.4 is 4.74 Å². The Kier molecular flexibility index (Phi) is 1.43. The fourth-order valence-corrected chi connectivity index (χ4v) is 1.07. The van der Waals surface area contributed by atoms with Gasteiger partial charge in [0.2, 0.25) is 5.88 Å². The second-order valence-corrected chi connectivity index (χ2v) is 2.41. The highest BCUT2D eigenvalue weighted by Crippen LogP contribution is 2.24. The Balaban J connectivity index is 2.71. The zero-order valence-electron chi connectivity index (χ0n) is 6.85. The van der Waals surface area contributed by atoms with E-state index in [2.05, 4.69) is 15.0 Å². The van der Waals surface area contributed by atoms with Crippen LogP contribution in [0.15, 0.2) is 12.7 Å².